The van der Waals surface area contributed by atoms with Gasteiger partial charge >= 0.3 is 0 Å². The lowest BCUT2D eigenvalue weighted by Gasteiger charge is -2.50. The van der Waals surface area contributed by atoms with Crippen molar-refractivity contribution in [3.8, 4) is 0 Å². The van der Waals surface area contributed by atoms with Gasteiger partial charge in [-0.1, -0.05) is 6.92 Å². The molecule has 7 heterocycles. The van der Waals surface area contributed by atoms with Crippen LogP contribution in [0.5, 0.6) is 0 Å². The lowest BCUT2D eigenvalue weighted by atomic mass is 9.91. The average Bonchev–Trinajstić information content (AvgIpc) is 3.48. The highest BCUT2D eigenvalue weighted by molar-refractivity contribution is 5.01. The maximum atomic E-state index is 11.3. The molecule has 7 aliphatic rings. The van der Waals surface area contributed by atoms with Crippen molar-refractivity contribution in [3.63, 3.8) is 0 Å². The molecule has 0 aromatic heterocycles. The highest BCUT2D eigenvalue weighted by Gasteiger charge is 2.58. The van der Waals surface area contributed by atoms with E-state index in [-0.39, 0.29) is 0 Å². The molecule has 14 unspecified atom stereocenters. The molecule has 0 saturated carbocycles. The molecule has 0 aromatic carbocycles. The predicted octanol–water partition coefficient (Wildman–Crippen LogP) is -14.3. The number of methoxy groups -OCH3 is 1. The second kappa shape index (κ2) is 28.2. The average molecular weight is 1170 g/mol. The fourth-order valence-electron chi connectivity index (χ4n) is 10.4. The molecule has 21 N–H and O–H groups in total. The monoisotopic (exact) mass is 1160 g/mol. The molecule has 0 amide bonds. The molecule has 35 atom stereocenters. The Labute approximate surface area is 448 Å². The first kappa shape index (κ1) is 65.1. The number of hydrogen-bond acceptors (Lipinski definition) is 35. The van der Waals surface area contributed by atoms with E-state index in [4.69, 9.17) is 66.3 Å². The zero-order chi connectivity index (χ0) is 58.1. The van der Waals surface area contributed by atoms with Crippen LogP contribution < -0.4 is 0 Å². The molecule has 7 aliphatic heterocycles. The van der Waals surface area contributed by atoms with Gasteiger partial charge in [-0.2, -0.15) is 0 Å². The van der Waals surface area contributed by atoms with Crippen molar-refractivity contribution in [1.29, 1.82) is 0 Å². The summed E-state index contributed by atoms with van der Waals surface area (Å²) in [4.78, 5) is 0. The van der Waals surface area contributed by atoms with Crippen molar-refractivity contribution in [2.45, 2.75) is 216 Å². The zero-order valence-electron chi connectivity index (χ0n) is 42.3. The first-order chi connectivity index (χ1) is 37.5. The number of rotatable bonds is 20. The van der Waals surface area contributed by atoms with Gasteiger partial charge in [-0.15, -0.1) is 0 Å². The summed E-state index contributed by atoms with van der Waals surface area (Å²) < 4.78 is 78.1. The Morgan fingerprint density at radius 3 is 0.595 bits per heavy atom. The van der Waals surface area contributed by atoms with Crippen LogP contribution in [0.15, 0.2) is 0 Å². The van der Waals surface area contributed by atoms with Crippen LogP contribution in [0.2, 0.25) is 0 Å². The summed E-state index contributed by atoms with van der Waals surface area (Å²) in [6.45, 7) is -4.89. The van der Waals surface area contributed by atoms with Gasteiger partial charge < -0.3 is 174 Å². The van der Waals surface area contributed by atoms with E-state index in [0.29, 0.717) is 0 Å². The molecule has 7 saturated heterocycles. The molecule has 35 nitrogen and oxygen atoms in total. The van der Waals surface area contributed by atoms with Gasteiger partial charge in [0.15, 0.2) is 44.0 Å². The smallest absolute Gasteiger partial charge is 0.187 e. The van der Waals surface area contributed by atoms with E-state index in [2.05, 4.69) is 0 Å². The molecular weight excluding hydrogens is 1090 g/mol. The van der Waals surface area contributed by atoms with Crippen LogP contribution in [0.1, 0.15) is 6.92 Å². The van der Waals surface area contributed by atoms with Crippen molar-refractivity contribution in [3.05, 3.63) is 0 Å². The van der Waals surface area contributed by atoms with Crippen LogP contribution in [-0.2, 0) is 66.3 Å². The van der Waals surface area contributed by atoms with E-state index in [9.17, 15) is 107 Å². The van der Waals surface area contributed by atoms with Gasteiger partial charge in [-0.05, 0) is 0 Å². The van der Waals surface area contributed by atoms with Crippen LogP contribution in [0.4, 0.5) is 0 Å². The summed E-state index contributed by atoms with van der Waals surface area (Å²) in [6.07, 6.45) is -62.4. The van der Waals surface area contributed by atoms with E-state index in [1.807, 2.05) is 0 Å². The molecule has 0 radical (unpaired) electrons. The van der Waals surface area contributed by atoms with Gasteiger partial charge in [0.05, 0.1) is 58.5 Å². The van der Waals surface area contributed by atoms with Gasteiger partial charge in [0, 0.05) is 13.0 Å². The van der Waals surface area contributed by atoms with Crippen molar-refractivity contribution in [2.75, 3.05) is 53.4 Å². The third kappa shape index (κ3) is 13.4. The van der Waals surface area contributed by atoms with Crippen molar-refractivity contribution >= 4 is 0 Å². The lowest BCUT2D eigenvalue weighted by Crippen LogP contribution is -2.68. The molecule has 35 heteroatoms. The third-order valence-electron chi connectivity index (χ3n) is 15.1. The Kier molecular flexibility index (Phi) is 23.3. The number of aliphatic hydroxyl groups excluding tert-OH is 21. The van der Waals surface area contributed by atoms with Gasteiger partial charge in [-0.25, -0.2) is 0 Å². The normalized spacial score (nSPS) is 53.0. The maximum absolute atomic E-state index is 11.3. The van der Waals surface area contributed by atoms with Gasteiger partial charge in [0.25, 0.3) is 0 Å². The molecule has 7 rings (SSSR count). The van der Waals surface area contributed by atoms with Gasteiger partial charge in [0.1, 0.15) is 153 Å². The SMILES string of the molecule is CO[C@H]1OC(CO)[C@@H](O[C@H]2OC(CO)[C@@H](O[C@H]3OC(CO)[C@@H](O[C@H]4OC(CO)[C@@H](O[C@H]5OC(CO)[C@@H](O[C@H]6OC(CO)[C@@H](O[C@H]7OC(CO)[C@@H](C)[C@H](O)C7O)[C@H](O)C6O)[C@H](O)C5O)[C@H](O)C4O)[C@H](O)C3O)[C@H](O)C2O)[C@H](O)C1O. The lowest BCUT2D eigenvalue weighted by molar-refractivity contribution is -0.397. The minimum Gasteiger partial charge on any atom is -0.394 e. The molecule has 462 valence electrons. The number of ether oxygens (including phenoxy) is 14. The first-order valence-corrected chi connectivity index (χ1v) is 25.4. The number of hydrogen-bond donors (Lipinski definition) is 21. The van der Waals surface area contributed by atoms with Crippen molar-refractivity contribution < 1.29 is 174 Å². The zero-order valence-corrected chi connectivity index (χ0v) is 42.3. The van der Waals surface area contributed by atoms with Gasteiger partial charge in [0.2, 0.25) is 0 Å². The van der Waals surface area contributed by atoms with Crippen molar-refractivity contribution in [2.24, 2.45) is 5.92 Å². The van der Waals surface area contributed by atoms with Crippen LogP contribution in [0, 0.1) is 5.92 Å². The summed E-state index contributed by atoms with van der Waals surface area (Å²) in [5.74, 6) is -0.751. The third-order valence-corrected chi connectivity index (χ3v) is 15.1. The summed E-state index contributed by atoms with van der Waals surface area (Å²) in [5, 5.41) is 225. The Balaban J connectivity index is 0.946. The van der Waals surface area contributed by atoms with E-state index in [1.54, 1.807) is 0 Å². The first-order valence-electron chi connectivity index (χ1n) is 25.4. The summed E-state index contributed by atoms with van der Waals surface area (Å²) in [7, 11) is 1.16. The van der Waals surface area contributed by atoms with Gasteiger partial charge in [-0.3, -0.25) is 0 Å². The Hall–Kier alpha value is -1.40. The van der Waals surface area contributed by atoms with Crippen LogP contribution >= 0.6 is 0 Å². The second-order valence-electron chi connectivity index (χ2n) is 20.1. The molecule has 0 bridgehead atoms. The molecule has 79 heavy (non-hydrogen) atoms. The Bertz CT molecular complexity index is 1820. The quantitative estimate of drug-likeness (QED) is 0.0538. The molecule has 0 spiro atoms. The topological polar surface area (TPSA) is 554 Å². The predicted molar refractivity (Wildman–Crippen MR) is 240 cm³/mol. The fraction of sp³-hybridized carbons (Fsp3) is 1.00. The standard InChI is InChI=1S/C44H76O35/c1-10-11(3-45)67-39(25(59)18(10)52)74-33-13(5-47)69-41(27(61)20(33)54)76-35-15(7-49)71-43(29(63)22(35)56)78-37-17(9-51)73-44(31(65)24(37)58)79-36-16(8-50)72-42(30(64)23(36)57)77-34-14(6-48)70-40(28(62)21(34)55)75-32-12(4-46)68-38(66-2)26(60)19(32)53/h10-65H,3-9H2,1-2H3/t10-,11?,12?,13?,14?,15?,16?,17?,18+,19-,20-,21-,22-,23-,24-,25?,26?,27?,28?,29?,30?,31?,32-,33-,34-,35-,36-,37-,38+,39-,40-,41-,42-,43-,44-/m1/s1. The molecule has 7 fully saturated rings. The summed E-state index contributed by atoms with van der Waals surface area (Å²) in [5.41, 5.74) is 0. The van der Waals surface area contributed by atoms with Crippen LogP contribution in [0.3, 0.4) is 0 Å². The minimum absolute atomic E-state index is 0.592. The van der Waals surface area contributed by atoms with E-state index in [0.717, 1.165) is 7.11 Å². The van der Waals surface area contributed by atoms with Crippen LogP contribution in [-0.4, -0.2) is 369 Å². The molecular formula is C44H76O35. The second-order valence-corrected chi connectivity index (χ2v) is 20.1. The highest BCUT2D eigenvalue weighted by Crippen LogP contribution is 2.38. The summed E-state index contributed by atoms with van der Waals surface area (Å²) >= 11 is 0. The van der Waals surface area contributed by atoms with E-state index >= 15 is 0 Å². The maximum Gasteiger partial charge on any atom is 0.187 e. The number of aliphatic hydroxyl groups is 21. The Morgan fingerprint density at radius 2 is 0.405 bits per heavy atom. The van der Waals surface area contributed by atoms with E-state index in [1.165, 1.54) is 6.92 Å². The Morgan fingerprint density at radius 1 is 0.241 bits per heavy atom. The largest absolute Gasteiger partial charge is 0.394 e. The van der Waals surface area contributed by atoms with Crippen molar-refractivity contribution in [1.82, 2.24) is 0 Å². The minimum atomic E-state index is -2.21. The van der Waals surface area contributed by atoms with Crippen LogP contribution in [0.25, 0.3) is 0 Å². The molecule has 0 aromatic rings. The fourth-order valence-corrected chi connectivity index (χ4v) is 10.4. The summed E-state index contributed by atoms with van der Waals surface area (Å²) in [6, 6.07) is 0. The highest BCUT2D eigenvalue weighted by atomic mass is 16.8. The van der Waals surface area contributed by atoms with E-state index < -0.39 is 261 Å². The molecule has 0 aliphatic carbocycles.